The molecule has 2 rings (SSSR count). The third-order valence-electron chi connectivity index (χ3n) is 1.97. The standard InChI is InChI=1S/C9H7NO3.ClH/c10-8(11)5-1-2-7-6(3-5)4-13-9(7)12;/h1-3H,4H2,(H2,10,11);1H. The molecule has 4 nitrogen and oxygen atoms in total. The van der Waals surface area contributed by atoms with Crippen LogP contribution in [-0.2, 0) is 11.3 Å². The van der Waals surface area contributed by atoms with E-state index in [4.69, 9.17) is 10.5 Å². The summed E-state index contributed by atoms with van der Waals surface area (Å²) in [6.07, 6.45) is 0. The summed E-state index contributed by atoms with van der Waals surface area (Å²) in [7, 11) is 0. The molecular formula is C9H8ClNO3. The number of rotatable bonds is 1. The van der Waals surface area contributed by atoms with Gasteiger partial charge in [0.2, 0.25) is 5.91 Å². The van der Waals surface area contributed by atoms with Crippen LogP contribution in [0, 0.1) is 0 Å². The van der Waals surface area contributed by atoms with E-state index in [-0.39, 0.29) is 25.0 Å². The molecule has 0 atom stereocenters. The van der Waals surface area contributed by atoms with Crippen molar-refractivity contribution in [2.75, 3.05) is 0 Å². The van der Waals surface area contributed by atoms with Gasteiger partial charge in [-0.25, -0.2) is 4.79 Å². The number of carbonyl (C=O) groups is 2. The summed E-state index contributed by atoms with van der Waals surface area (Å²) in [6.45, 7) is 0.231. The summed E-state index contributed by atoms with van der Waals surface area (Å²) in [4.78, 5) is 21.8. The number of benzene rings is 1. The highest BCUT2D eigenvalue weighted by Crippen LogP contribution is 2.20. The Morgan fingerprint density at radius 1 is 1.43 bits per heavy atom. The summed E-state index contributed by atoms with van der Waals surface area (Å²) in [5, 5.41) is 0. The minimum Gasteiger partial charge on any atom is -0.457 e. The molecule has 1 aromatic carbocycles. The molecule has 74 valence electrons. The van der Waals surface area contributed by atoms with Crippen LogP contribution >= 0.6 is 12.4 Å². The van der Waals surface area contributed by atoms with Crippen LogP contribution in [0.1, 0.15) is 26.3 Å². The fourth-order valence-corrected chi connectivity index (χ4v) is 1.29. The number of hydrogen-bond donors (Lipinski definition) is 1. The van der Waals surface area contributed by atoms with Gasteiger partial charge in [0, 0.05) is 11.1 Å². The topological polar surface area (TPSA) is 69.4 Å². The van der Waals surface area contributed by atoms with Gasteiger partial charge in [-0.2, -0.15) is 0 Å². The molecule has 0 bridgehead atoms. The Labute approximate surface area is 86.4 Å². The molecule has 0 spiro atoms. The predicted molar refractivity (Wildman–Crippen MR) is 51.3 cm³/mol. The number of nitrogens with two attached hydrogens (primary N) is 1. The van der Waals surface area contributed by atoms with Crippen molar-refractivity contribution in [2.45, 2.75) is 6.61 Å². The molecule has 0 saturated carbocycles. The zero-order chi connectivity index (χ0) is 9.42. The molecule has 14 heavy (non-hydrogen) atoms. The van der Waals surface area contributed by atoms with Gasteiger partial charge in [-0.1, -0.05) is 0 Å². The number of cyclic esters (lactones) is 1. The lowest BCUT2D eigenvalue weighted by atomic mass is 10.1. The predicted octanol–water partition coefficient (Wildman–Crippen LogP) is 0.878. The molecule has 0 fully saturated rings. The number of amides is 1. The highest BCUT2D eigenvalue weighted by Gasteiger charge is 2.21. The van der Waals surface area contributed by atoms with Crippen molar-refractivity contribution in [2.24, 2.45) is 5.73 Å². The summed E-state index contributed by atoms with van der Waals surface area (Å²) < 4.78 is 4.77. The maximum absolute atomic E-state index is 11.0. The average Bonchev–Trinajstić information content (AvgIpc) is 2.47. The summed E-state index contributed by atoms with van der Waals surface area (Å²) in [6, 6.07) is 4.67. The van der Waals surface area contributed by atoms with Crippen LogP contribution in [0.4, 0.5) is 0 Å². The van der Waals surface area contributed by atoms with Crippen LogP contribution in [0.2, 0.25) is 0 Å². The average molecular weight is 214 g/mol. The van der Waals surface area contributed by atoms with Crippen LogP contribution in [0.15, 0.2) is 18.2 Å². The van der Waals surface area contributed by atoms with Gasteiger partial charge < -0.3 is 10.5 Å². The Bertz CT molecular complexity index is 403. The van der Waals surface area contributed by atoms with Crippen LogP contribution in [0.3, 0.4) is 0 Å². The molecule has 0 aliphatic carbocycles. The van der Waals surface area contributed by atoms with E-state index in [1.807, 2.05) is 0 Å². The van der Waals surface area contributed by atoms with Gasteiger partial charge in [-0.05, 0) is 18.2 Å². The molecule has 5 heteroatoms. The second-order valence-corrected chi connectivity index (χ2v) is 2.81. The summed E-state index contributed by atoms with van der Waals surface area (Å²) >= 11 is 0. The fourth-order valence-electron chi connectivity index (χ4n) is 1.29. The van der Waals surface area contributed by atoms with Crippen molar-refractivity contribution in [3.8, 4) is 0 Å². The van der Waals surface area contributed by atoms with Crippen LogP contribution < -0.4 is 5.73 Å². The minimum absolute atomic E-state index is 0. The maximum atomic E-state index is 11.0. The molecule has 0 unspecified atom stereocenters. The summed E-state index contributed by atoms with van der Waals surface area (Å²) in [5.41, 5.74) is 6.72. The monoisotopic (exact) mass is 213 g/mol. The third-order valence-corrected chi connectivity index (χ3v) is 1.97. The smallest absolute Gasteiger partial charge is 0.338 e. The van der Waals surface area contributed by atoms with Crippen LogP contribution in [0.25, 0.3) is 0 Å². The van der Waals surface area contributed by atoms with E-state index in [1.54, 1.807) is 12.1 Å². The second-order valence-electron chi connectivity index (χ2n) is 2.81. The SMILES string of the molecule is Cl.NC(=O)c1ccc2c(c1)COC2=O. The maximum Gasteiger partial charge on any atom is 0.338 e. The largest absolute Gasteiger partial charge is 0.457 e. The normalized spacial score (nSPS) is 12.7. The van der Waals surface area contributed by atoms with Crippen molar-refractivity contribution in [3.05, 3.63) is 34.9 Å². The molecule has 1 aliphatic rings. The Morgan fingerprint density at radius 3 is 2.79 bits per heavy atom. The van der Waals surface area contributed by atoms with E-state index in [2.05, 4.69) is 0 Å². The van der Waals surface area contributed by atoms with Gasteiger partial charge in [0.05, 0.1) is 5.56 Å². The van der Waals surface area contributed by atoms with Crippen LogP contribution in [0.5, 0.6) is 0 Å². The molecule has 1 aromatic rings. The zero-order valence-corrected chi connectivity index (χ0v) is 7.97. The molecule has 0 radical (unpaired) electrons. The van der Waals surface area contributed by atoms with Gasteiger partial charge in [0.1, 0.15) is 6.61 Å². The summed E-state index contributed by atoms with van der Waals surface area (Å²) in [5.74, 6) is -0.840. The quantitative estimate of drug-likeness (QED) is 0.704. The first-order valence-electron chi connectivity index (χ1n) is 3.78. The third kappa shape index (κ3) is 1.56. The number of esters is 1. The highest BCUT2D eigenvalue weighted by atomic mass is 35.5. The zero-order valence-electron chi connectivity index (χ0n) is 7.15. The molecular weight excluding hydrogens is 206 g/mol. The van der Waals surface area contributed by atoms with Crippen molar-refractivity contribution < 1.29 is 14.3 Å². The molecule has 2 N–H and O–H groups in total. The Hall–Kier alpha value is -1.55. The van der Waals surface area contributed by atoms with Gasteiger partial charge in [0.25, 0.3) is 0 Å². The lowest BCUT2D eigenvalue weighted by molar-refractivity contribution is 0.0535. The molecule has 0 saturated heterocycles. The highest BCUT2D eigenvalue weighted by molar-refractivity contribution is 5.97. The van der Waals surface area contributed by atoms with Crippen molar-refractivity contribution in [1.29, 1.82) is 0 Å². The Kier molecular flexibility index (Phi) is 2.76. The number of fused-ring (bicyclic) bond motifs is 1. The molecule has 1 amide bonds. The van der Waals surface area contributed by atoms with E-state index in [0.29, 0.717) is 11.1 Å². The number of ether oxygens (including phenoxy) is 1. The lowest BCUT2D eigenvalue weighted by Gasteiger charge is -1.96. The van der Waals surface area contributed by atoms with Crippen LogP contribution in [-0.4, -0.2) is 11.9 Å². The van der Waals surface area contributed by atoms with Crippen molar-refractivity contribution >= 4 is 24.3 Å². The van der Waals surface area contributed by atoms with Gasteiger partial charge in [-0.15, -0.1) is 12.4 Å². The number of hydrogen-bond acceptors (Lipinski definition) is 3. The first-order chi connectivity index (χ1) is 6.18. The first-order valence-corrected chi connectivity index (χ1v) is 3.78. The fraction of sp³-hybridized carbons (Fsp3) is 0.111. The van der Waals surface area contributed by atoms with Gasteiger partial charge in [0.15, 0.2) is 0 Å². The second kappa shape index (κ2) is 3.67. The number of primary amides is 1. The first kappa shape index (κ1) is 10.5. The van der Waals surface area contributed by atoms with E-state index >= 15 is 0 Å². The minimum atomic E-state index is -0.498. The lowest BCUT2D eigenvalue weighted by Crippen LogP contribution is -2.11. The Balaban J connectivity index is 0.000000980. The van der Waals surface area contributed by atoms with Gasteiger partial charge in [-0.3, -0.25) is 4.79 Å². The van der Waals surface area contributed by atoms with Crippen molar-refractivity contribution in [1.82, 2.24) is 0 Å². The van der Waals surface area contributed by atoms with E-state index in [0.717, 1.165) is 5.56 Å². The van der Waals surface area contributed by atoms with E-state index < -0.39 is 5.91 Å². The van der Waals surface area contributed by atoms with Gasteiger partial charge >= 0.3 is 5.97 Å². The van der Waals surface area contributed by atoms with E-state index in [9.17, 15) is 9.59 Å². The number of carbonyl (C=O) groups excluding carboxylic acids is 2. The van der Waals surface area contributed by atoms with Crippen molar-refractivity contribution in [3.63, 3.8) is 0 Å². The number of halogens is 1. The molecule has 1 aliphatic heterocycles. The van der Waals surface area contributed by atoms with E-state index in [1.165, 1.54) is 6.07 Å². The molecule has 1 heterocycles. The molecule has 0 aromatic heterocycles. The Morgan fingerprint density at radius 2 is 2.14 bits per heavy atom.